The van der Waals surface area contributed by atoms with Crippen molar-refractivity contribution in [1.82, 2.24) is 4.90 Å². The van der Waals surface area contributed by atoms with Gasteiger partial charge in [0.1, 0.15) is 5.78 Å². The maximum Gasteiger partial charge on any atom is 0.135 e. The summed E-state index contributed by atoms with van der Waals surface area (Å²) in [6.45, 7) is 4.04. The summed E-state index contributed by atoms with van der Waals surface area (Å²) >= 11 is 2.32. The Bertz CT molecular complexity index is 364. The van der Waals surface area contributed by atoms with Crippen LogP contribution in [0, 0.1) is 3.57 Å². The van der Waals surface area contributed by atoms with Gasteiger partial charge in [0.15, 0.2) is 0 Å². The molecule has 16 heavy (non-hydrogen) atoms. The van der Waals surface area contributed by atoms with Gasteiger partial charge >= 0.3 is 0 Å². The molecule has 1 fully saturated rings. The second-order valence-electron chi connectivity index (χ2n) is 4.30. The van der Waals surface area contributed by atoms with Crippen molar-refractivity contribution < 1.29 is 4.79 Å². The minimum absolute atomic E-state index is 0.408. The van der Waals surface area contributed by atoms with Gasteiger partial charge in [-0.05, 0) is 47.2 Å². The van der Waals surface area contributed by atoms with E-state index in [2.05, 4.69) is 58.7 Å². The molecular weight excluding hydrogens is 313 g/mol. The van der Waals surface area contributed by atoms with Crippen LogP contribution in [-0.2, 0) is 4.79 Å². The predicted octanol–water partition coefficient (Wildman–Crippen LogP) is 3.02. The van der Waals surface area contributed by atoms with E-state index in [1.54, 1.807) is 0 Å². The van der Waals surface area contributed by atoms with Crippen LogP contribution < -0.4 is 0 Å². The summed E-state index contributed by atoms with van der Waals surface area (Å²) in [5.74, 6) is 0.408. The van der Waals surface area contributed by atoms with Gasteiger partial charge in [-0.2, -0.15) is 0 Å². The molecule has 0 bridgehead atoms. The van der Waals surface area contributed by atoms with E-state index in [9.17, 15) is 4.79 Å². The molecule has 0 aromatic heterocycles. The Labute approximate surface area is 110 Å². The number of piperidine rings is 1. The number of benzene rings is 1. The second-order valence-corrected chi connectivity index (χ2v) is 5.55. The molecule has 0 aliphatic carbocycles. The smallest absolute Gasteiger partial charge is 0.135 e. The number of halogens is 1. The van der Waals surface area contributed by atoms with Gasteiger partial charge in [0.05, 0.1) is 0 Å². The molecule has 1 aromatic carbocycles. The highest BCUT2D eigenvalue weighted by atomic mass is 127. The average molecular weight is 329 g/mol. The zero-order chi connectivity index (χ0) is 11.5. The zero-order valence-electron chi connectivity index (χ0n) is 9.45. The van der Waals surface area contributed by atoms with Gasteiger partial charge < -0.3 is 0 Å². The van der Waals surface area contributed by atoms with Gasteiger partial charge in [-0.3, -0.25) is 9.69 Å². The molecule has 86 valence electrons. The highest BCUT2D eigenvalue weighted by Gasteiger charge is 2.21. The number of carbonyl (C=O) groups is 1. The summed E-state index contributed by atoms with van der Waals surface area (Å²) in [7, 11) is 0. The van der Waals surface area contributed by atoms with E-state index in [-0.39, 0.29) is 0 Å². The van der Waals surface area contributed by atoms with Gasteiger partial charge in [-0.1, -0.05) is 12.1 Å². The number of Topliss-reactive ketones (excluding diaryl/α,β-unsaturated/α-hetero) is 1. The van der Waals surface area contributed by atoms with Crippen molar-refractivity contribution in [2.24, 2.45) is 0 Å². The number of ketones is 1. The van der Waals surface area contributed by atoms with E-state index < -0.39 is 0 Å². The van der Waals surface area contributed by atoms with Crippen LogP contribution in [0.15, 0.2) is 24.3 Å². The fourth-order valence-corrected chi connectivity index (χ4v) is 2.47. The molecular formula is C13H16INO. The molecule has 0 saturated carbocycles. The Hall–Kier alpha value is -0.420. The molecule has 1 atom stereocenters. The van der Waals surface area contributed by atoms with Gasteiger partial charge in [0.25, 0.3) is 0 Å². The number of nitrogens with zero attached hydrogens (tertiary/aromatic N) is 1. The third-order valence-electron chi connectivity index (χ3n) is 3.26. The molecule has 2 nitrogen and oxygen atoms in total. The highest BCUT2D eigenvalue weighted by molar-refractivity contribution is 14.1. The summed E-state index contributed by atoms with van der Waals surface area (Å²) in [4.78, 5) is 13.6. The van der Waals surface area contributed by atoms with Crippen LogP contribution in [0.5, 0.6) is 0 Å². The zero-order valence-corrected chi connectivity index (χ0v) is 11.6. The maximum atomic E-state index is 11.2. The lowest BCUT2D eigenvalue weighted by atomic mass is 10.0. The Morgan fingerprint density at radius 1 is 1.19 bits per heavy atom. The van der Waals surface area contributed by atoms with Gasteiger partial charge in [-0.15, -0.1) is 0 Å². The SMILES string of the molecule is CC(c1ccc(I)cc1)N1CCC(=O)CC1. The lowest BCUT2D eigenvalue weighted by molar-refractivity contribution is -0.121. The molecule has 2 rings (SSSR count). The third-order valence-corrected chi connectivity index (χ3v) is 3.98. The van der Waals surface area contributed by atoms with Crippen LogP contribution in [0.25, 0.3) is 0 Å². The summed E-state index contributed by atoms with van der Waals surface area (Å²) < 4.78 is 1.27. The average Bonchev–Trinajstić information content (AvgIpc) is 2.30. The van der Waals surface area contributed by atoms with Crippen LogP contribution in [0.1, 0.15) is 31.4 Å². The molecule has 1 heterocycles. The highest BCUT2D eigenvalue weighted by Crippen LogP contribution is 2.23. The first-order chi connectivity index (χ1) is 7.66. The van der Waals surface area contributed by atoms with Crippen LogP contribution in [0.4, 0.5) is 0 Å². The topological polar surface area (TPSA) is 20.3 Å². The second kappa shape index (κ2) is 5.27. The Kier molecular flexibility index (Phi) is 3.97. The minimum Gasteiger partial charge on any atom is -0.300 e. The van der Waals surface area contributed by atoms with Crippen molar-refractivity contribution in [3.8, 4) is 0 Å². The first-order valence-electron chi connectivity index (χ1n) is 5.68. The van der Waals surface area contributed by atoms with Crippen molar-refractivity contribution in [2.75, 3.05) is 13.1 Å². The van der Waals surface area contributed by atoms with Gasteiger partial charge in [0, 0.05) is 35.5 Å². The van der Waals surface area contributed by atoms with E-state index in [1.165, 1.54) is 9.13 Å². The van der Waals surface area contributed by atoms with Gasteiger partial charge in [0.2, 0.25) is 0 Å². The summed E-state index contributed by atoms with van der Waals surface area (Å²) in [6.07, 6.45) is 1.43. The maximum absolute atomic E-state index is 11.2. The van der Waals surface area contributed by atoms with E-state index in [4.69, 9.17) is 0 Å². The quantitative estimate of drug-likeness (QED) is 0.778. The molecule has 1 aromatic rings. The summed E-state index contributed by atoms with van der Waals surface area (Å²) in [5.41, 5.74) is 1.34. The molecule has 0 spiro atoms. The fraction of sp³-hybridized carbons (Fsp3) is 0.462. The molecule has 1 saturated heterocycles. The normalized spacial score (nSPS) is 19.8. The molecule has 0 amide bonds. The molecule has 1 unspecified atom stereocenters. The number of carbonyl (C=O) groups excluding carboxylic acids is 1. The molecule has 1 aliphatic rings. The Morgan fingerprint density at radius 2 is 1.75 bits per heavy atom. The summed E-state index contributed by atoms with van der Waals surface area (Å²) in [6, 6.07) is 9.07. The van der Waals surface area contributed by atoms with E-state index >= 15 is 0 Å². The van der Waals surface area contributed by atoms with Gasteiger partial charge in [-0.25, -0.2) is 0 Å². The van der Waals surface area contributed by atoms with Crippen molar-refractivity contribution >= 4 is 28.4 Å². The first-order valence-corrected chi connectivity index (χ1v) is 6.76. The molecule has 0 N–H and O–H groups in total. The van der Waals surface area contributed by atoms with Crippen molar-refractivity contribution in [3.05, 3.63) is 33.4 Å². The lowest BCUT2D eigenvalue weighted by Crippen LogP contribution is -2.35. The Balaban J connectivity index is 2.04. The van der Waals surface area contributed by atoms with E-state index in [0.29, 0.717) is 24.7 Å². The van der Waals surface area contributed by atoms with Crippen LogP contribution in [0.2, 0.25) is 0 Å². The van der Waals surface area contributed by atoms with Crippen LogP contribution in [0.3, 0.4) is 0 Å². The first kappa shape index (κ1) is 12.0. The molecule has 1 aliphatic heterocycles. The lowest BCUT2D eigenvalue weighted by Gasteiger charge is -2.32. The van der Waals surface area contributed by atoms with Crippen molar-refractivity contribution in [3.63, 3.8) is 0 Å². The minimum atomic E-state index is 0.408. The molecule has 0 radical (unpaired) electrons. The Morgan fingerprint density at radius 3 is 2.31 bits per heavy atom. The summed E-state index contributed by atoms with van der Waals surface area (Å²) in [5, 5.41) is 0. The largest absolute Gasteiger partial charge is 0.300 e. The number of rotatable bonds is 2. The van der Waals surface area contributed by atoms with Crippen LogP contribution in [-0.4, -0.2) is 23.8 Å². The fourth-order valence-electron chi connectivity index (χ4n) is 2.11. The number of hydrogen-bond donors (Lipinski definition) is 0. The van der Waals surface area contributed by atoms with E-state index in [0.717, 1.165) is 13.1 Å². The monoisotopic (exact) mass is 329 g/mol. The predicted molar refractivity (Wildman–Crippen MR) is 73.4 cm³/mol. The van der Waals surface area contributed by atoms with Crippen molar-refractivity contribution in [2.45, 2.75) is 25.8 Å². The standard InChI is InChI=1S/C13H16INO/c1-10(11-2-4-12(14)5-3-11)15-8-6-13(16)7-9-15/h2-5,10H,6-9H2,1H3. The van der Waals surface area contributed by atoms with E-state index in [1.807, 2.05) is 0 Å². The van der Waals surface area contributed by atoms with Crippen LogP contribution >= 0.6 is 22.6 Å². The number of hydrogen-bond acceptors (Lipinski definition) is 2. The van der Waals surface area contributed by atoms with Crippen molar-refractivity contribution in [1.29, 1.82) is 0 Å². The number of likely N-dealkylation sites (tertiary alicyclic amines) is 1. The third kappa shape index (κ3) is 2.83. The molecule has 3 heteroatoms.